The zero-order chi connectivity index (χ0) is 23.0. The highest BCUT2D eigenvalue weighted by atomic mass is 31.2. The van der Waals surface area contributed by atoms with Gasteiger partial charge >= 0.3 is 7.60 Å². The minimum atomic E-state index is -3.58. The lowest BCUT2D eigenvalue weighted by Gasteiger charge is -2.19. The summed E-state index contributed by atoms with van der Waals surface area (Å²) in [6.45, 7) is 5.51. The van der Waals surface area contributed by atoms with Gasteiger partial charge < -0.3 is 18.9 Å². The average Bonchev–Trinajstić information content (AvgIpc) is 2.76. The third-order valence-electron chi connectivity index (χ3n) is 5.71. The molecule has 5 nitrogen and oxygen atoms in total. The zero-order valence-corrected chi connectivity index (χ0v) is 21.8. The van der Waals surface area contributed by atoms with E-state index in [2.05, 4.69) is 6.92 Å². The predicted octanol–water partition coefficient (Wildman–Crippen LogP) is 7.89. The maximum Gasteiger partial charge on any atom is 0.330 e. The third kappa shape index (κ3) is 23.0. The topological polar surface area (TPSA) is 65.0 Å². The molecule has 0 heterocycles. The van der Waals surface area contributed by atoms with E-state index in [0.29, 0.717) is 19.8 Å². The summed E-state index contributed by atoms with van der Waals surface area (Å²) in [6, 6.07) is 0. The molecule has 1 N–H and O–H groups in total. The normalized spacial score (nSPS) is 14.6. The van der Waals surface area contributed by atoms with Gasteiger partial charge in [0.2, 0.25) is 0 Å². The Bertz CT molecular complexity index is 405. The van der Waals surface area contributed by atoms with Crippen molar-refractivity contribution in [3.63, 3.8) is 0 Å². The van der Waals surface area contributed by atoms with Crippen LogP contribution >= 0.6 is 7.60 Å². The van der Waals surface area contributed by atoms with Crippen LogP contribution in [0.2, 0.25) is 0 Å². The summed E-state index contributed by atoms with van der Waals surface area (Å²) in [5.41, 5.74) is 0. The van der Waals surface area contributed by atoms with Gasteiger partial charge in [-0.25, -0.2) is 0 Å². The van der Waals surface area contributed by atoms with Gasteiger partial charge in [0.05, 0.1) is 25.5 Å². The molecule has 0 saturated heterocycles. The summed E-state index contributed by atoms with van der Waals surface area (Å²) >= 11 is 0. The van der Waals surface area contributed by atoms with Crippen molar-refractivity contribution >= 4 is 7.60 Å². The van der Waals surface area contributed by atoms with Crippen LogP contribution < -0.4 is 0 Å². The van der Waals surface area contributed by atoms with E-state index in [1.54, 1.807) is 7.11 Å². The molecule has 0 bridgehead atoms. The smallest absolute Gasteiger partial charge is 0.330 e. The Morgan fingerprint density at radius 1 is 0.677 bits per heavy atom. The molecule has 0 aliphatic rings. The van der Waals surface area contributed by atoms with Crippen LogP contribution in [0.3, 0.4) is 0 Å². The molecule has 0 aromatic rings. The molecule has 0 spiro atoms. The number of hydrogen-bond acceptors (Lipinski definition) is 4. The number of methoxy groups -OCH3 is 1. The molecule has 0 fully saturated rings. The Balaban J connectivity index is 3.36. The van der Waals surface area contributed by atoms with Gasteiger partial charge in [-0.05, 0) is 12.8 Å². The standard InChI is InChI=1S/C25H53O5P/c1-4-6-7-8-9-10-11-12-13-14-15-16-17-18-19-20-22-29-23-25(28-3)24-31(26,27)30-21-5-2/h25H,4-24H2,1-3H3,(H,26,27). The fourth-order valence-electron chi connectivity index (χ4n) is 3.71. The summed E-state index contributed by atoms with van der Waals surface area (Å²) in [5, 5.41) is 0. The van der Waals surface area contributed by atoms with Gasteiger partial charge in [0, 0.05) is 13.7 Å². The van der Waals surface area contributed by atoms with E-state index in [-0.39, 0.29) is 6.16 Å². The number of hydrogen-bond donors (Lipinski definition) is 1. The monoisotopic (exact) mass is 464 g/mol. The summed E-state index contributed by atoms with van der Waals surface area (Å²) in [5.74, 6) is 0. The molecular formula is C25H53O5P. The molecule has 6 heteroatoms. The van der Waals surface area contributed by atoms with Crippen LogP contribution in [-0.4, -0.2) is 44.1 Å². The van der Waals surface area contributed by atoms with E-state index in [0.717, 1.165) is 12.8 Å². The molecule has 2 unspecified atom stereocenters. The van der Waals surface area contributed by atoms with Gasteiger partial charge in [-0.15, -0.1) is 0 Å². The molecule has 0 aliphatic carbocycles. The quantitative estimate of drug-likeness (QED) is 0.110. The van der Waals surface area contributed by atoms with Crippen molar-refractivity contribution in [3.05, 3.63) is 0 Å². The molecular weight excluding hydrogens is 411 g/mol. The van der Waals surface area contributed by atoms with Crippen LogP contribution in [0.5, 0.6) is 0 Å². The molecule has 188 valence electrons. The Morgan fingerprint density at radius 3 is 1.55 bits per heavy atom. The largest absolute Gasteiger partial charge is 0.379 e. The number of unbranched alkanes of at least 4 members (excludes halogenated alkanes) is 15. The van der Waals surface area contributed by atoms with Gasteiger partial charge in [0.25, 0.3) is 0 Å². The summed E-state index contributed by atoms with van der Waals surface area (Å²) in [4.78, 5) is 9.80. The van der Waals surface area contributed by atoms with E-state index in [1.165, 1.54) is 96.3 Å². The summed E-state index contributed by atoms with van der Waals surface area (Å²) in [7, 11) is -2.04. The van der Waals surface area contributed by atoms with Crippen LogP contribution in [0, 0.1) is 0 Å². The maximum atomic E-state index is 11.9. The molecule has 0 amide bonds. The van der Waals surface area contributed by atoms with Crippen molar-refractivity contribution in [2.75, 3.05) is 33.1 Å². The molecule has 0 saturated carbocycles. The maximum absolute atomic E-state index is 11.9. The lowest BCUT2D eigenvalue weighted by molar-refractivity contribution is 0.0162. The Labute approximate surface area is 193 Å². The highest BCUT2D eigenvalue weighted by molar-refractivity contribution is 7.52. The first kappa shape index (κ1) is 31.1. The minimum Gasteiger partial charge on any atom is -0.379 e. The first-order valence-corrected chi connectivity index (χ1v) is 14.9. The van der Waals surface area contributed by atoms with Crippen molar-refractivity contribution in [1.82, 2.24) is 0 Å². The lowest BCUT2D eigenvalue weighted by atomic mass is 10.0. The Kier molecular flexibility index (Phi) is 23.3. The van der Waals surface area contributed by atoms with Gasteiger partial charge in [-0.3, -0.25) is 4.57 Å². The highest BCUT2D eigenvalue weighted by Gasteiger charge is 2.25. The fraction of sp³-hybridized carbons (Fsp3) is 1.00. The molecule has 0 aliphatic heterocycles. The van der Waals surface area contributed by atoms with Crippen molar-refractivity contribution in [1.29, 1.82) is 0 Å². The summed E-state index contributed by atoms with van der Waals surface area (Å²) < 4.78 is 27.9. The van der Waals surface area contributed by atoms with Gasteiger partial charge in [0.1, 0.15) is 0 Å². The second kappa shape index (κ2) is 23.2. The Morgan fingerprint density at radius 2 is 1.13 bits per heavy atom. The zero-order valence-electron chi connectivity index (χ0n) is 21.0. The highest BCUT2D eigenvalue weighted by Crippen LogP contribution is 2.42. The molecule has 0 rings (SSSR count). The van der Waals surface area contributed by atoms with Crippen LogP contribution in [0.25, 0.3) is 0 Å². The second-order valence-corrected chi connectivity index (χ2v) is 10.8. The van der Waals surface area contributed by atoms with Crippen molar-refractivity contribution < 1.29 is 23.5 Å². The first-order chi connectivity index (χ1) is 15.1. The van der Waals surface area contributed by atoms with E-state index in [4.69, 9.17) is 14.0 Å². The van der Waals surface area contributed by atoms with Gasteiger partial charge in [-0.1, -0.05) is 110 Å². The van der Waals surface area contributed by atoms with Crippen LogP contribution in [0.4, 0.5) is 0 Å². The van der Waals surface area contributed by atoms with Crippen molar-refractivity contribution in [2.24, 2.45) is 0 Å². The lowest BCUT2D eigenvalue weighted by Crippen LogP contribution is -2.23. The third-order valence-corrected chi connectivity index (χ3v) is 7.17. The van der Waals surface area contributed by atoms with E-state index in [1.807, 2.05) is 6.92 Å². The minimum absolute atomic E-state index is 0.0114. The summed E-state index contributed by atoms with van der Waals surface area (Å²) in [6.07, 6.45) is 22.0. The van der Waals surface area contributed by atoms with E-state index in [9.17, 15) is 9.46 Å². The fourth-order valence-corrected chi connectivity index (χ4v) is 5.05. The number of rotatable bonds is 25. The van der Waals surface area contributed by atoms with Gasteiger partial charge in [-0.2, -0.15) is 0 Å². The molecule has 0 radical (unpaired) electrons. The predicted molar refractivity (Wildman–Crippen MR) is 132 cm³/mol. The molecule has 0 aromatic carbocycles. The average molecular weight is 465 g/mol. The molecule has 31 heavy (non-hydrogen) atoms. The van der Waals surface area contributed by atoms with Crippen LogP contribution in [0.15, 0.2) is 0 Å². The van der Waals surface area contributed by atoms with Crippen LogP contribution in [-0.2, 0) is 18.6 Å². The Hall–Kier alpha value is 0.0700. The SMILES string of the molecule is CCCCCCCCCCCCCCCCCCOCC(CP(=O)(O)OCCC)OC. The van der Waals surface area contributed by atoms with E-state index < -0.39 is 13.7 Å². The van der Waals surface area contributed by atoms with Crippen LogP contribution in [0.1, 0.15) is 123 Å². The molecule has 2 atom stereocenters. The van der Waals surface area contributed by atoms with Gasteiger partial charge in [0.15, 0.2) is 0 Å². The first-order valence-electron chi connectivity index (χ1n) is 13.1. The second-order valence-electron chi connectivity index (χ2n) is 8.89. The number of ether oxygens (including phenoxy) is 2. The van der Waals surface area contributed by atoms with Crippen molar-refractivity contribution in [3.8, 4) is 0 Å². The molecule has 0 aromatic heterocycles. The van der Waals surface area contributed by atoms with Crippen molar-refractivity contribution in [2.45, 2.75) is 129 Å². The van der Waals surface area contributed by atoms with E-state index >= 15 is 0 Å².